The Kier molecular flexibility index (Phi) is 2.79. The number of pyridine rings is 1. The van der Waals surface area contributed by atoms with Crippen LogP contribution in [0.4, 0.5) is 0 Å². The van der Waals surface area contributed by atoms with E-state index in [0.29, 0.717) is 12.0 Å². The SMILES string of the molecule is CN1CCC(CN)C1c1ccccn1. The highest BCUT2D eigenvalue weighted by atomic mass is 15.2. The molecule has 3 nitrogen and oxygen atoms in total. The third kappa shape index (κ3) is 1.65. The van der Waals surface area contributed by atoms with Crippen LogP contribution in [-0.4, -0.2) is 30.0 Å². The van der Waals surface area contributed by atoms with Crippen LogP contribution in [0.3, 0.4) is 0 Å². The van der Waals surface area contributed by atoms with Crippen molar-refractivity contribution >= 4 is 0 Å². The van der Waals surface area contributed by atoms with Gasteiger partial charge in [0.1, 0.15) is 0 Å². The highest BCUT2D eigenvalue weighted by Gasteiger charge is 2.32. The number of nitrogens with two attached hydrogens (primary N) is 1. The number of aromatic nitrogens is 1. The lowest BCUT2D eigenvalue weighted by atomic mass is 9.97. The molecular formula is C11H17N3. The number of hydrogen-bond acceptors (Lipinski definition) is 3. The molecule has 1 fully saturated rings. The van der Waals surface area contributed by atoms with Crippen molar-refractivity contribution in [3.63, 3.8) is 0 Å². The second-order valence-corrected chi connectivity index (χ2v) is 3.96. The molecule has 2 N–H and O–H groups in total. The summed E-state index contributed by atoms with van der Waals surface area (Å²) in [6.45, 7) is 1.88. The molecule has 0 spiro atoms. The van der Waals surface area contributed by atoms with Crippen molar-refractivity contribution < 1.29 is 0 Å². The quantitative estimate of drug-likeness (QED) is 0.759. The van der Waals surface area contributed by atoms with E-state index in [-0.39, 0.29) is 0 Å². The standard InChI is InChI=1S/C11H17N3/c1-14-7-5-9(8-12)11(14)10-4-2-3-6-13-10/h2-4,6,9,11H,5,7-8,12H2,1H3. The summed E-state index contributed by atoms with van der Waals surface area (Å²) >= 11 is 0. The normalized spacial score (nSPS) is 28.1. The number of hydrogen-bond donors (Lipinski definition) is 1. The first kappa shape index (κ1) is 9.62. The highest BCUT2D eigenvalue weighted by Crippen LogP contribution is 2.33. The number of likely N-dealkylation sites (tertiary alicyclic amines) is 1. The Morgan fingerprint density at radius 3 is 3.07 bits per heavy atom. The van der Waals surface area contributed by atoms with Gasteiger partial charge >= 0.3 is 0 Å². The Morgan fingerprint density at radius 2 is 2.43 bits per heavy atom. The van der Waals surface area contributed by atoms with E-state index in [1.165, 1.54) is 6.42 Å². The fourth-order valence-corrected chi connectivity index (χ4v) is 2.29. The zero-order chi connectivity index (χ0) is 9.97. The second-order valence-electron chi connectivity index (χ2n) is 3.96. The third-order valence-corrected chi connectivity index (χ3v) is 3.07. The molecule has 2 rings (SSSR count). The zero-order valence-electron chi connectivity index (χ0n) is 8.56. The van der Waals surface area contributed by atoms with Gasteiger partial charge in [-0.3, -0.25) is 9.88 Å². The summed E-state index contributed by atoms with van der Waals surface area (Å²) in [4.78, 5) is 6.76. The van der Waals surface area contributed by atoms with Gasteiger partial charge in [0.2, 0.25) is 0 Å². The van der Waals surface area contributed by atoms with E-state index in [1.54, 1.807) is 0 Å². The average Bonchev–Trinajstić information content (AvgIpc) is 2.61. The molecule has 1 aliphatic rings. The van der Waals surface area contributed by atoms with Crippen LogP contribution in [0.2, 0.25) is 0 Å². The molecule has 2 atom stereocenters. The van der Waals surface area contributed by atoms with Crippen LogP contribution in [0.5, 0.6) is 0 Å². The lowest BCUT2D eigenvalue weighted by Crippen LogP contribution is -2.25. The molecule has 1 aromatic rings. The van der Waals surface area contributed by atoms with E-state index in [2.05, 4.69) is 23.0 Å². The maximum atomic E-state index is 5.77. The minimum atomic E-state index is 0.418. The summed E-state index contributed by atoms with van der Waals surface area (Å²) in [5.74, 6) is 0.565. The smallest absolute Gasteiger partial charge is 0.0578 e. The van der Waals surface area contributed by atoms with Gasteiger partial charge in [-0.05, 0) is 44.6 Å². The first-order valence-electron chi connectivity index (χ1n) is 5.14. The maximum Gasteiger partial charge on any atom is 0.0578 e. The molecule has 0 amide bonds. The fraction of sp³-hybridized carbons (Fsp3) is 0.545. The van der Waals surface area contributed by atoms with Crippen molar-refractivity contribution in [3.05, 3.63) is 30.1 Å². The van der Waals surface area contributed by atoms with E-state index >= 15 is 0 Å². The predicted molar refractivity (Wildman–Crippen MR) is 56.8 cm³/mol. The van der Waals surface area contributed by atoms with Crippen LogP contribution in [0.15, 0.2) is 24.4 Å². The summed E-state index contributed by atoms with van der Waals surface area (Å²) in [5.41, 5.74) is 6.92. The molecule has 76 valence electrons. The molecule has 0 saturated carbocycles. The highest BCUT2D eigenvalue weighted by molar-refractivity contribution is 5.12. The summed E-state index contributed by atoms with van der Waals surface area (Å²) in [6, 6.07) is 6.51. The third-order valence-electron chi connectivity index (χ3n) is 3.07. The fourth-order valence-electron chi connectivity index (χ4n) is 2.29. The lowest BCUT2D eigenvalue weighted by molar-refractivity contribution is 0.274. The Hall–Kier alpha value is -0.930. The van der Waals surface area contributed by atoms with Gasteiger partial charge in [0.25, 0.3) is 0 Å². The van der Waals surface area contributed by atoms with Gasteiger partial charge in [-0.25, -0.2) is 0 Å². The average molecular weight is 191 g/mol. The molecule has 0 radical (unpaired) electrons. The summed E-state index contributed by atoms with van der Waals surface area (Å²) < 4.78 is 0. The van der Waals surface area contributed by atoms with Crippen LogP contribution in [-0.2, 0) is 0 Å². The Bertz CT molecular complexity index is 286. The van der Waals surface area contributed by atoms with Gasteiger partial charge in [-0.2, -0.15) is 0 Å². The molecule has 1 aliphatic heterocycles. The Labute approximate surface area is 84.9 Å². The number of rotatable bonds is 2. The maximum absolute atomic E-state index is 5.77. The number of nitrogens with zero attached hydrogens (tertiary/aromatic N) is 2. The summed E-state index contributed by atoms with van der Waals surface area (Å²) in [5, 5.41) is 0. The molecule has 2 unspecified atom stereocenters. The minimum absolute atomic E-state index is 0.418. The van der Waals surface area contributed by atoms with Crippen LogP contribution >= 0.6 is 0 Å². The monoisotopic (exact) mass is 191 g/mol. The van der Waals surface area contributed by atoms with Crippen molar-refractivity contribution in [2.75, 3.05) is 20.1 Å². The topological polar surface area (TPSA) is 42.1 Å². The van der Waals surface area contributed by atoms with E-state index < -0.39 is 0 Å². The van der Waals surface area contributed by atoms with Gasteiger partial charge < -0.3 is 5.73 Å². The molecule has 0 aliphatic carbocycles. The van der Waals surface area contributed by atoms with E-state index in [4.69, 9.17) is 5.73 Å². The molecule has 1 saturated heterocycles. The molecule has 0 aromatic carbocycles. The van der Waals surface area contributed by atoms with Gasteiger partial charge in [0, 0.05) is 6.20 Å². The van der Waals surface area contributed by atoms with Gasteiger partial charge in [-0.1, -0.05) is 6.07 Å². The van der Waals surface area contributed by atoms with Crippen molar-refractivity contribution in [1.29, 1.82) is 0 Å². The van der Waals surface area contributed by atoms with Crippen molar-refractivity contribution in [2.45, 2.75) is 12.5 Å². The van der Waals surface area contributed by atoms with Crippen molar-refractivity contribution in [3.8, 4) is 0 Å². The first-order chi connectivity index (χ1) is 6.83. The van der Waals surface area contributed by atoms with Crippen molar-refractivity contribution in [1.82, 2.24) is 9.88 Å². The summed E-state index contributed by atoms with van der Waals surface area (Å²) in [6.07, 6.45) is 3.04. The molecule has 2 heterocycles. The van der Waals surface area contributed by atoms with Crippen LogP contribution in [0.1, 0.15) is 18.2 Å². The van der Waals surface area contributed by atoms with Crippen LogP contribution < -0.4 is 5.73 Å². The molecule has 14 heavy (non-hydrogen) atoms. The minimum Gasteiger partial charge on any atom is -0.330 e. The van der Waals surface area contributed by atoms with Gasteiger partial charge in [0.15, 0.2) is 0 Å². The lowest BCUT2D eigenvalue weighted by Gasteiger charge is -2.23. The van der Waals surface area contributed by atoms with E-state index in [9.17, 15) is 0 Å². The van der Waals surface area contributed by atoms with E-state index in [1.807, 2.05) is 18.3 Å². The molecular weight excluding hydrogens is 174 g/mol. The predicted octanol–water partition coefficient (Wildman–Crippen LogP) is 1.03. The molecule has 0 bridgehead atoms. The molecule has 3 heteroatoms. The Balaban J connectivity index is 2.23. The Morgan fingerprint density at radius 1 is 1.57 bits per heavy atom. The first-order valence-corrected chi connectivity index (χ1v) is 5.14. The van der Waals surface area contributed by atoms with Crippen LogP contribution in [0, 0.1) is 5.92 Å². The summed E-state index contributed by atoms with van der Waals surface area (Å²) in [7, 11) is 2.15. The van der Waals surface area contributed by atoms with Gasteiger partial charge in [-0.15, -0.1) is 0 Å². The second kappa shape index (κ2) is 4.07. The zero-order valence-corrected chi connectivity index (χ0v) is 8.56. The van der Waals surface area contributed by atoms with Crippen molar-refractivity contribution in [2.24, 2.45) is 11.7 Å². The van der Waals surface area contributed by atoms with Crippen LogP contribution in [0.25, 0.3) is 0 Å². The van der Waals surface area contributed by atoms with E-state index in [0.717, 1.165) is 18.8 Å². The molecule has 1 aromatic heterocycles. The largest absolute Gasteiger partial charge is 0.330 e. The van der Waals surface area contributed by atoms with Gasteiger partial charge in [0.05, 0.1) is 11.7 Å².